The molecule has 1 aromatic carbocycles. The summed E-state index contributed by atoms with van der Waals surface area (Å²) in [4.78, 5) is 24.9. The van der Waals surface area contributed by atoms with Crippen molar-refractivity contribution in [3.05, 3.63) is 46.1 Å². The highest BCUT2D eigenvalue weighted by molar-refractivity contribution is 6.36. The maximum Gasteiger partial charge on any atom is 0.418 e. The Morgan fingerprint density at radius 2 is 1.90 bits per heavy atom. The molecule has 51 heavy (non-hydrogen) atoms. The number of aromatic nitrogens is 5. The number of pyridine rings is 1. The monoisotopic (exact) mass is 735 g/mol. The molecule has 2 saturated heterocycles. The van der Waals surface area contributed by atoms with Crippen LogP contribution in [0.2, 0.25) is 5.02 Å². The molecule has 1 aliphatic carbocycles. The Balaban J connectivity index is 1.32. The van der Waals surface area contributed by atoms with Crippen molar-refractivity contribution in [2.45, 2.75) is 63.2 Å². The zero-order valence-corrected chi connectivity index (χ0v) is 28.2. The van der Waals surface area contributed by atoms with Crippen molar-refractivity contribution in [2.24, 2.45) is 5.41 Å². The van der Waals surface area contributed by atoms with E-state index in [2.05, 4.69) is 19.9 Å². The molecule has 3 aromatic heterocycles. The number of fused-ring (bicyclic) bond motifs is 1. The number of rotatable bonds is 6. The van der Waals surface area contributed by atoms with E-state index in [0.29, 0.717) is 18.5 Å². The smallest absolute Gasteiger partial charge is 0.418 e. The number of hydrogen-bond donors (Lipinski definition) is 2. The van der Waals surface area contributed by atoms with Crippen molar-refractivity contribution >= 4 is 40.0 Å². The van der Waals surface area contributed by atoms with Gasteiger partial charge in [0.05, 0.1) is 50.8 Å². The Kier molecular flexibility index (Phi) is 7.48. The molecule has 1 saturated carbocycles. The zero-order chi connectivity index (χ0) is 36.2. The highest BCUT2D eigenvalue weighted by atomic mass is 35.5. The van der Waals surface area contributed by atoms with Gasteiger partial charge in [0.2, 0.25) is 0 Å². The summed E-state index contributed by atoms with van der Waals surface area (Å²) in [6.07, 6.45) is -0.732. The molecule has 0 radical (unpaired) electrons. The maximum atomic E-state index is 17.1. The number of halogens is 7. The van der Waals surface area contributed by atoms with Crippen LogP contribution in [0.3, 0.4) is 0 Å². The van der Waals surface area contributed by atoms with Crippen LogP contribution in [0, 0.1) is 18.2 Å². The fraction of sp³-hybridized carbons (Fsp3) is 0.485. The fourth-order valence-corrected chi connectivity index (χ4v) is 8.63. The van der Waals surface area contributed by atoms with Gasteiger partial charge in [0.15, 0.2) is 11.6 Å². The molecule has 4 aliphatic rings. The lowest BCUT2D eigenvalue weighted by Crippen LogP contribution is -2.43. The first kappa shape index (κ1) is 33.7. The summed E-state index contributed by atoms with van der Waals surface area (Å²) in [5, 5.41) is -0.513. The van der Waals surface area contributed by atoms with E-state index >= 15 is 4.39 Å². The Morgan fingerprint density at radius 1 is 1.14 bits per heavy atom. The molecule has 3 aliphatic heterocycles. The lowest BCUT2D eigenvalue weighted by molar-refractivity contribution is -0.137. The van der Waals surface area contributed by atoms with Crippen molar-refractivity contribution in [1.82, 2.24) is 29.8 Å². The molecular formula is C33H32ClF6N9O2. The van der Waals surface area contributed by atoms with E-state index in [1.807, 2.05) is 4.90 Å². The highest BCUT2D eigenvalue weighted by Crippen LogP contribution is 2.69. The van der Waals surface area contributed by atoms with Crippen LogP contribution in [0.4, 0.5) is 43.8 Å². The summed E-state index contributed by atoms with van der Waals surface area (Å²) >= 11 is 6.78. The highest BCUT2D eigenvalue weighted by Gasteiger charge is 2.77. The molecule has 8 rings (SSSR count). The number of hydrogen-bond acceptors (Lipinski definition) is 11. The molecule has 4 N–H and O–H groups in total. The van der Waals surface area contributed by atoms with Gasteiger partial charge >= 0.3 is 12.2 Å². The predicted molar refractivity (Wildman–Crippen MR) is 175 cm³/mol. The summed E-state index contributed by atoms with van der Waals surface area (Å²) in [5.74, 6) is -4.18. The summed E-state index contributed by atoms with van der Waals surface area (Å²) in [5.41, 5.74) is 7.23. The van der Waals surface area contributed by atoms with Crippen molar-refractivity contribution in [2.75, 3.05) is 49.2 Å². The first-order valence-corrected chi connectivity index (χ1v) is 16.7. The number of nitrogens with two attached hydrogens (primary N) is 2. The molecule has 18 heteroatoms. The molecule has 0 bridgehead atoms. The van der Waals surface area contributed by atoms with E-state index in [4.69, 9.17) is 37.5 Å². The normalized spacial score (nSPS) is 24.5. The van der Waals surface area contributed by atoms with E-state index in [1.54, 1.807) is 11.8 Å². The number of ether oxygens (including phenoxy) is 2. The topological polar surface area (TPSA) is 141 Å². The molecule has 1 spiro atoms. The maximum absolute atomic E-state index is 17.1. The third kappa shape index (κ3) is 5.17. The standard InChI is InChI=1S/C33H32ClF6N9O2/c1-15-8-18(41)45-24(21(15)33(38,39)40)19-22(34)26-20-25(23(19)35)46-29(51-13-31-4-3-5-48(31)12-30(10-31)11-32(30,36)37)47-28(20)49(6-7-50-26)16(2)17-9-43-14-44-27(17)42/h8-9,14,16H,3-7,10-13H2,1-2H3,(H2,41,45)(H2,42,43,44)/t16-,30-,31+/m1/s1. The molecule has 4 aromatic rings. The number of nitrogens with zero attached hydrogens (tertiary/aromatic N) is 7. The second kappa shape index (κ2) is 11.3. The second-order valence-electron chi connectivity index (χ2n) is 13.9. The molecular weight excluding hydrogens is 704 g/mol. The van der Waals surface area contributed by atoms with Crippen LogP contribution in [0.5, 0.6) is 11.8 Å². The molecule has 0 amide bonds. The van der Waals surface area contributed by atoms with E-state index < -0.39 is 62.3 Å². The zero-order valence-electron chi connectivity index (χ0n) is 27.4. The molecule has 3 atom stereocenters. The van der Waals surface area contributed by atoms with Crippen LogP contribution in [-0.4, -0.2) is 74.1 Å². The van der Waals surface area contributed by atoms with Crippen molar-refractivity contribution in [3.8, 4) is 23.0 Å². The third-order valence-corrected chi connectivity index (χ3v) is 11.2. The number of aryl methyl sites for hydroxylation is 1. The lowest BCUT2D eigenvalue weighted by atomic mass is 9.89. The summed E-state index contributed by atoms with van der Waals surface area (Å²) in [6, 6.07) is 0.134. The van der Waals surface area contributed by atoms with Crippen molar-refractivity contribution < 1.29 is 35.8 Å². The average molecular weight is 736 g/mol. The van der Waals surface area contributed by atoms with Gasteiger partial charge in [-0.1, -0.05) is 11.6 Å². The van der Waals surface area contributed by atoms with E-state index in [9.17, 15) is 22.0 Å². The van der Waals surface area contributed by atoms with Gasteiger partial charge < -0.3 is 25.8 Å². The number of alkyl halides is 5. The quantitative estimate of drug-likeness (QED) is 0.214. The largest absolute Gasteiger partial charge is 0.489 e. The molecule has 3 fully saturated rings. The third-order valence-electron chi connectivity index (χ3n) is 10.8. The van der Waals surface area contributed by atoms with Gasteiger partial charge in [-0.3, -0.25) is 4.90 Å². The summed E-state index contributed by atoms with van der Waals surface area (Å²) < 4.78 is 102. The van der Waals surface area contributed by atoms with E-state index in [0.717, 1.165) is 12.5 Å². The van der Waals surface area contributed by atoms with Gasteiger partial charge in [0, 0.05) is 24.7 Å². The summed E-state index contributed by atoms with van der Waals surface area (Å²) in [6.45, 7) is 3.84. The number of anilines is 3. The van der Waals surface area contributed by atoms with Crippen LogP contribution < -0.4 is 25.8 Å². The fourth-order valence-electron chi connectivity index (χ4n) is 8.31. The van der Waals surface area contributed by atoms with Gasteiger partial charge in [0.1, 0.15) is 42.5 Å². The predicted octanol–water partition coefficient (Wildman–Crippen LogP) is 6.37. The van der Waals surface area contributed by atoms with E-state index in [-0.39, 0.29) is 79.3 Å². The van der Waals surface area contributed by atoms with E-state index in [1.165, 1.54) is 19.4 Å². The Bertz CT molecular complexity index is 2100. The van der Waals surface area contributed by atoms with Crippen LogP contribution in [-0.2, 0) is 6.18 Å². The van der Waals surface area contributed by atoms with Crippen LogP contribution in [0.1, 0.15) is 55.3 Å². The SMILES string of the molecule is Cc1cc(N)nc(-c2c(Cl)c3c4c(nc(OC[C@@]56CCCN5C[C@]5(CC5(F)F)C6)nc4c2F)N([C@H](C)c2cncnc2N)CCO3)c1C(F)(F)F. The van der Waals surface area contributed by atoms with Gasteiger partial charge in [-0.25, -0.2) is 28.1 Å². The van der Waals surface area contributed by atoms with Crippen molar-refractivity contribution in [3.63, 3.8) is 0 Å². The molecule has 270 valence electrons. The Labute approximate surface area is 292 Å². The lowest BCUT2D eigenvalue weighted by Gasteiger charge is -2.32. The van der Waals surface area contributed by atoms with Crippen molar-refractivity contribution in [1.29, 1.82) is 0 Å². The number of benzene rings is 1. The Morgan fingerprint density at radius 3 is 2.61 bits per heavy atom. The first-order chi connectivity index (χ1) is 24.1. The summed E-state index contributed by atoms with van der Waals surface area (Å²) in [7, 11) is 0. The molecule has 6 heterocycles. The van der Waals surface area contributed by atoms with Crippen LogP contribution in [0.15, 0.2) is 18.6 Å². The number of nitrogen functional groups attached to an aromatic ring is 2. The minimum absolute atomic E-state index is 0.0272. The van der Waals surface area contributed by atoms with Crippen LogP contribution >= 0.6 is 11.6 Å². The minimum Gasteiger partial charge on any atom is -0.489 e. The average Bonchev–Trinajstić information content (AvgIpc) is 3.25. The molecule has 11 nitrogen and oxygen atoms in total. The minimum atomic E-state index is -4.96. The molecule has 0 unspecified atom stereocenters. The second-order valence-corrected chi connectivity index (χ2v) is 14.3. The van der Waals surface area contributed by atoms with Gasteiger partial charge in [-0.2, -0.15) is 23.1 Å². The van der Waals surface area contributed by atoms with Crippen LogP contribution in [0.25, 0.3) is 22.2 Å². The Hall–Kier alpha value is -4.38. The first-order valence-electron chi connectivity index (χ1n) is 16.3. The van der Waals surface area contributed by atoms with Gasteiger partial charge in [-0.05, 0) is 51.3 Å². The van der Waals surface area contributed by atoms with Gasteiger partial charge in [-0.15, -0.1) is 0 Å². The van der Waals surface area contributed by atoms with Gasteiger partial charge in [0.25, 0.3) is 5.92 Å².